The van der Waals surface area contributed by atoms with Gasteiger partial charge in [-0.1, -0.05) is 6.08 Å². The van der Waals surface area contributed by atoms with E-state index < -0.39 is 45.8 Å². The van der Waals surface area contributed by atoms with E-state index in [1.54, 1.807) is 0 Å². The average Bonchev–Trinajstić information content (AvgIpc) is 3.01. The first-order valence-electron chi connectivity index (χ1n) is 6.88. The quantitative estimate of drug-likeness (QED) is 0.533. The first kappa shape index (κ1) is 16.0. The van der Waals surface area contributed by atoms with Crippen molar-refractivity contribution < 1.29 is 26.7 Å². The van der Waals surface area contributed by atoms with E-state index in [-0.39, 0.29) is 25.7 Å². The van der Waals surface area contributed by atoms with Gasteiger partial charge in [0.25, 0.3) is 0 Å². The van der Waals surface area contributed by atoms with Crippen molar-refractivity contribution in [3.63, 3.8) is 0 Å². The van der Waals surface area contributed by atoms with Gasteiger partial charge in [-0.15, -0.1) is 12.6 Å². The summed E-state index contributed by atoms with van der Waals surface area (Å²) in [5.74, 6) is -10.2. The first-order valence-corrected chi connectivity index (χ1v) is 7.32. The molecule has 0 spiro atoms. The van der Waals surface area contributed by atoms with Gasteiger partial charge in [0.2, 0.25) is 11.6 Å². The molecule has 0 aromatic heterocycles. The standard InChI is InChI=1S/C13H15F5N2OS/c14-11(15)2-1-7(22)12(16,13(11,17)18)10-5-3-9(20-10,4-6-10)8(19)21/h1,20,22H,2-6H2,(H2,19,21). The van der Waals surface area contributed by atoms with Gasteiger partial charge in [0.05, 0.1) is 11.1 Å². The van der Waals surface area contributed by atoms with Gasteiger partial charge in [-0.3, -0.25) is 10.1 Å². The van der Waals surface area contributed by atoms with Crippen LogP contribution in [0.25, 0.3) is 0 Å². The molecule has 1 aliphatic carbocycles. The third kappa shape index (κ3) is 1.54. The van der Waals surface area contributed by atoms with Gasteiger partial charge < -0.3 is 5.73 Å². The number of amides is 1. The molecule has 3 N–H and O–H groups in total. The highest BCUT2D eigenvalue weighted by Gasteiger charge is 2.81. The summed E-state index contributed by atoms with van der Waals surface area (Å²) in [6.07, 6.45) is -0.874. The average molecular weight is 342 g/mol. The second kappa shape index (κ2) is 4.17. The van der Waals surface area contributed by atoms with Gasteiger partial charge >= 0.3 is 11.8 Å². The molecule has 3 aliphatic rings. The van der Waals surface area contributed by atoms with Gasteiger partial charge in [-0.05, 0) is 25.7 Å². The van der Waals surface area contributed by atoms with Crippen LogP contribution in [0.5, 0.6) is 0 Å². The summed E-state index contributed by atoms with van der Waals surface area (Å²) in [6.45, 7) is 0. The number of fused-ring (bicyclic) bond motifs is 2. The molecule has 3 rings (SSSR count). The number of hydrogen-bond donors (Lipinski definition) is 3. The van der Waals surface area contributed by atoms with E-state index in [0.29, 0.717) is 6.08 Å². The summed E-state index contributed by atoms with van der Waals surface area (Å²) in [7, 11) is 0. The Bertz CT molecular complexity index is 571. The van der Waals surface area contributed by atoms with Crippen LogP contribution in [-0.4, -0.2) is 34.5 Å². The van der Waals surface area contributed by atoms with E-state index in [1.165, 1.54) is 0 Å². The highest BCUT2D eigenvalue weighted by Crippen LogP contribution is 2.64. The molecule has 2 heterocycles. The Hall–Kier alpha value is -0.830. The Morgan fingerprint density at radius 3 is 2.14 bits per heavy atom. The van der Waals surface area contributed by atoms with Gasteiger partial charge in [-0.25, -0.2) is 4.39 Å². The van der Waals surface area contributed by atoms with E-state index >= 15 is 4.39 Å². The lowest BCUT2D eigenvalue weighted by atomic mass is 9.67. The summed E-state index contributed by atoms with van der Waals surface area (Å²) in [5, 5.41) is 2.54. The van der Waals surface area contributed by atoms with Crippen LogP contribution in [0.4, 0.5) is 22.0 Å². The Balaban J connectivity index is 2.13. The maximum absolute atomic E-state index is 15.5. The number of hydrogen-bond acceptors (Lipinski definition) is 3. The number of carbonyl (C=O) groups excluding carboxylic acids is 1. The minimum Gasteiger partial charge on any atom is -0.368 e. The minimum atomic E-state index is -4.93. The molecule has 0 radical (unpaired) electrons. The molecule has 0 saturated carbocycles. The molecule has 22 heavy (non-hydrogen) atoms. The Morgan fingerprint density at radius 1 is 1.14 bits per heavy atom. The molecule has 0 aromatic rings. The third-order valence-electron chi connectivity index (χ3n) is 5.36. The van der Waals surface area contributed by atoms with Crippen LogP contribution in [0.15, 0.2) is 11.0 Å². The van der Waals surface area contributed by atoms with Crippen molar-refractivity contribution in [3.05, 3.63) is 11.0 Å². The number of nitrogens with two attached hydrogens (primary N) is 1. The Morgan fingerprint density at radius 2 is 1.68 bits per heavy atom. The Kier molecular flexibility index (Phi) is 3.04. The molecular formula is C13H15F5N2OS. The monoisotopic (exact) mass is 342 g/mol. The van der Waals surface area contributed by atoms with Gasteiger partial charge in [0, 0.05) is 11.3 Å². The van der Waals surface area contributed by atoms with Crippen molar-refractivity contribution in [1.29, 1.82) is 0 Å². The number of thiol groups is 1. The summed E-state index contributed by atoms with van der Waals surface area (Å²) < 4.78 is 71.5. The predicted molar refractivity (Wildman–Crippen MR) is 71.7 cm³/mol. The van der Waals surface area contributed by atoms with Crippen LogP contribution >= 0.6 is 12.6 Å². The molecule has 2 saturated heterocycles. The molecular weight excluding hydrogens is 327 g/mol. The second-order valence-electron chi connectivity index (χ2n) is 6.38. The highest BCUT2D eigenvalue weighted by molar-refractivity contribution is 7.84. The van der Waals surface area contributed by atoms with Gasteiger partial charge in [0.15, 0.2) is 0 Å². The Labute approximate surface area is 128 Å². The smallest absolute Gasteiger partial charge is 0.350 e. The SMILES string of the molecule is NC(=O)C12CCC(C3(F)C(S)=CCC(F)(F)C3(F)F)(CC1)N2. The molecule has 1 unspecified atom stereocenters. The summed E-state index contributed by atoms with van der Waals surface area (Å²) >= 11 is 3.73. The van der Waals surface area contributed by atoms with E-state index in [2.05, 4.69) is 17.9 Å². The normalized spacial score (nSPS) is 45.6. The van der Waals surface area contributed by atoms with Crippen LogP contribution in [0, 0.1) is 0 Å². The maximum Gasteiger partial charge on any atom is 0.350 e. The molecule has 1 amide bonds. The highest BCUT2D eigenvalue weighted by atomic mass is 32.1. The lowest BCUT2D eigenvalue weighted by molar-refractivity contribution is -0.279. The van der Waals surface area contributed by atoms with Crippen molar-refractivity contribution in [2.24, 2.45) is 5.73 Å². The van der Waals surface area contributed by atoms with Crippen molar-refractivity contribution in [3.8, 4) is 0 Å². The molecule has 124 valence electrons. The number of nitrogens with one attached hydrogen (secondary N) is 1. The minimum absolute atomic E-state index is 0.0384. The van der Waals surface area contributed by atoms with E-state index in [4.69, 9.17) is 5.73 Å². The number of primary amides is 1. The second-order valence-corrected chi connectivity index (χ2v) is 6.87. The summed E-state index contributed by atoms with van der Waals surface area (Å²) in [6, 6.07) is 0. The van der Waals surface area contributed by atoms with Crippen molar-refractivity contribution >= 4 is 18.5 Å². The van der Waals surface area contributed by atoms with Crippen LogP contribution in [0.3, 0.4) is 0 Å². The topological polar surface area (TPSA) is 55.1 Å². The molecule has 2 aliphatic heterocycles. The summed E-state index contributed by atoms with van der Waals surface area (Å²) in [5.41, 5.74) is -1.70. The number of alkyl halides is 5. The maximum atomic E-state index is 15.5. The third-order valence-corrected chi connectivity index (χ3v) is 5.85. The molecule has 1 atom stereocenters. The number of halogens is 5. The zero-order valence-corrected chi connectivity index (χ0v) is 12.3. The van der Waals surface area contributed by atoms with Crippen LogP contribution < -0.4 is 11.1 Å². The predicted octanol–water partition coefficient (Wildman–Crippen LogP) is 2.32. The lowest BCUT2D eigenvalue weighted by Crippen LogP contribution is -2.71. The number of allylic oxidation sites excluding steroid dienone is 1. The first-order chi connectivity index (χ1) is 9.94. The molecule has 9 heteroatoms. The van der Waals surface area contributed by atoms with Crippen molar-refractivity contribution in [2.45, 2.75) is 60.7 Å². The van der Waals surface area contributed by atoms with Gasteiger partial charge in [-0.2, -0.15) is 17.6 Å². The molecule has 2 bridgehead atoms. The molecule has 0 aromatic carbocycles. The van der Waals surface area contributed by atoms with Crippen LogP contribution in [0.2, 0.25) is 0 Å². The van der Waals surface area contributed by atoms with E-state index in [0.717, 1.165) is 0 Å². The lowest BCUT2D eigenvalue weighted by Gasteiger charge is -2.49. The van der Waals surface area contributed by atoms with E-state index in [1.807, 2.05) is 0 Å². The van der Waals surface area contributed by atoms with Gasteiger partial charge in [0.1, 0.15) is 0 Å². The number of carbonyl (C=O) groups is 1. The zero-order chi connectivity index (χ0) is 16.6. The fourth-order valence-corrected chi connectivity index (χ4v) is 4.45. The van der Waals surface area contributed by atoms with Crippen molar-refractivity contribution in [2.75, 3.05) is 0 Å². The number of rotatable bonds is 2. The van der Waals surface area contributed by atoms with Crippen LogP contribution in [0.1, 0.15) is 32.1 Å². The van der Waals surface area contributed by atoms with Crippen molar-refractivity contribution in [1.82, 2.24) is 5.32 Å². The fraction of sp³-hybridized carbons (Fsp3) is 0.769. The van der Waals surface area contributed by atoms with E-state index in [9.17, 15) is 22.4 Å². The van der Waals surface area contributed by atoms with Crippen LogP contribution in [-0.2, 0) is 4.79 Å². The molecule has 2 fully saturated rings. The largest absolute Gasteiger partial charge is 0.368 e. The summed E-state index contributed by atoms with van der Waals surface area (Å²) in [4.78, 5) is 10.8. The zero-order valence-electron chi connectivity index (χ0n) is 11.4. The fourth-order valence-electron chi connectivity index (χ4n) is 4.00. The molecule has 3 nitrogen and oxygen atoms in total.